The van der Waals surface area contributed by atoms with Crippen molar-refractivity contribution in [3.05, 3.63) is 34.9 Å². The molecule has 2 aliphatic heterocycles. The number of aromatic nitrogens is 5. The van der Waals surface area contributed by atoms with Crippen molar-refractivity contribution in [1.82, 2.24) is 30.1 Å². The van der Waals surface area contributed by atoms with E-state index in [0.717, 1.165) is 35.4 Å². The number of ether oxygens (including phenoxy) is 1. The first-order valence-corrected chi connectivity index (χ1v) is 10.1. The van der Waals surface area contributed by atoms with Crippen LogP contribution in [0.4, 0.5) is 0 Å². The minimum Gasteiger partial charge on any atom is -0.369 e. The minimum atomic E-state index is -0.0613. The van der Waals surface area contributed by atoms with Gasteiger partial charge in [-0.2, -0.15) is 5.10 Å². The van der Waals surface area contributed by atoms with Gasteiger partial charge in [0.1, 0.15) is 5.69 Å². The molecule has 0 aliphatic carbocycles. The third kappa shape index (κ3) is 3.48. The van der Waals surface area contributed by atoms with Gasteiger partial charge in [0.05, 0.1) is 24.1 Å². The lowest BCUT2D eigenvalue weighted by Crippen LogP contribution is -2.33. The summed E-state index contributed by atoms with van der Waals surface area (Å²) in [5.74, 6) is -0.000662. The first kappa shape index (κ1) is 18.9. The van der Waals surface area contributed by atoms with Crippen molar-refractivity contribution < 1.29 is 9.53 Å². The molecule has 0 spiro atoms. The summed E-state index contributed by atoms with van der Waals surface area (Å²) in [5, 5.41) is 15.9. The van der Waals surface area contributed by atoms with Crippen LogP contribution in [-0.2, 0) is 11.2 Å². The molecule has 1 N–H and O–H groups in total. The molecule has 0 aromatic carbocycles. The number of rotatable bonds is 3. The molecule has 8 nitrogen and oxygen atoms in total. The molecule has 28 heavy (non-hydrogen) atoms. The predicted molar refractivity (Wildman–Crippen MR) is 105 cm³/mol. The summed E-state index contributed by atoms with van der Waals surface area (Å²) in [5.41, 5.74) is 4.54. The molecule has 4 heterocycles. The van der Waals surface area contributed by atoms with Gasteiger partial charge in [-0.05, 0) is 46.1 Å². The van der Waals surface area contributed by atoms with Crippen LogP contribution in [-0.4, -0.2) is 55.2 Å². The number of carbonyl (C=O) groups is 1. The summed E-state index contributed by atoms with van der Waals surface area (Å²) in [7, 11) is 0. The van der Waals surface area contributed by atoms with Crippen LogP contribution in [0.25, 0.3) is 5.57 Å². The largest absolute Gasteiger partial charge is 0.369 e. The Balaban J connectivity index is 1.48. The highest BCUT2D eigenvalue weighted by molar-refractivity contribution is 5.94. The Morgan fingerprint density at radius 1 is 1.32 bits per heavy atom. The van der Waals surface area contributed by atoms with Crippen LogP contribution < -0.4 is 0 Å². The summed E-state index contributed by atoms with van der Waals surface area (Å²) < 4.78 is 7.70. The smallest absolute Gasteiger partial charge is 0.274 e. The minimum absolute atomic E-state index is 0.000662. The quantitative estimate of drug-likeness (QED) is 0.879. The van der Waals surface area contributed by atoms with Gasteiger partial charge in [0.15, 0.2) is 5.69 Å². The maximum absolute atomic E-state index is 13.2. The van der Waals surface area contributed by atoms with Crippen molar-refractivity contribution in [1.29, 1.82) is 0 Å². The second-order valence-corrected chi connectivity index (χ2v) is 8.00. The second kappa shape index (κ2) is 7.50. The van der Waals surface area contributed by atoms with E-state index in [0.29, 0.717) is 25.2 Å². The molecule has 8 heteroatoms. The summed E-state index contributed by atoms with van der Waals surface area (Å²) in [6.07, 6.45) is 6.48. The molecule has 0 saturated carbocycles. The summed E-state index contributed by atoms with van der Waals surface area (Å²) in [6.45, 7) is 9.53. The van der Waals surface area contributed by atoms with Crippen LogP contribution in [0.2, 0.25) is 0 Å². The standard InChI is InChI=1S/C20H28N6O2/c1-12(2)26-11-17(21-24-26)15-6-5-8-25(9-7-15)20(27)19-16-10-13(3)28-14(4)18(16)22-23-19/h6,11-14H,5,7-10H2,1-4H3,(H,22,23)/t13-,14+/m0/s1. The summed E-state index contributed by atoms with van der Waals surface area (Å²) >= 11 is 0. The van der Waals surface area contributed by atoms with E-state index < -0.39 is 0 Å². The van der Waals surface area contributed by atoms with Gasteiger partial charge in [-0.3, -0.25) is 9.89 Å². The monoisotopic (exact) mass is 384 g/mol. The molecule has 4 rings (SSSR count). The Kier molecular flexibility index (Phi) is 5.05. The Morgan fingerprint density at radius 3 is 2.89 bits per heavy atom. The topological polar surface area (TPSA) is 88.9 Å². The number of fused-ring (bicyclic) bond motifs is 1. The molecule has 150 valence electrons. The highest BCUT2D eigenvalue weighted by atomic mass is 16.5. The van der Waals surface area contributed by atoms with Gasteiger partial charge in [-0.15, -0.1) is 5.10 Å². The third-order valence-corrected chi connectivity index (χ3v) is 5.53. The number of hydrogen-bond donors (Lipinski definition) is 1. The molecule has 2 aromatic heterocycles. The molecule has 1 amide bonds. The Bertz CT molecular complexity index is 896. The van der Waals surface area contributed by atoms with E-state index in [-0.39, 0.29) is 24.2 Å². The Labute approximate surface area is 164 Å². The fourth-order valence-corrected chi connectivity index (χ4v) is 3.98. The van der Waals surface area contributed by atoms with Gasteiger partial charge in [-0.1, -0.05) is 11.3 Å². The molecule has 2 aromatic rings. The molecule has 0 radical (unpaired) electrons. The second-order valence-electron chi connectivity index (χ2n) is 8.00. The Morgan fingerprint density at radius 2 is 2.14 bits per heavy atom. The first-order chi connectivity index (χ1) is 13.4. The molecule has 2 aliphatic rings. The zero-order valence-corrected chi connectivity index (χ0v) is 17.0. The van der Waals surface area contributed by atoms with Gasteiger partial charge in [0.2, 0.25) is 0 Å². The molecule has 2 atom stereocenters. The number of H-pyrrole nitrogens is 1. The van der Waals surface area contributed by atoms with Crippen LogP contribution in [0.15, 0.2) is 12.3 Å². The van der Waals surface area contributed by atoms with Crippen LogP contribution in [0.5, 0.6) is 0 Å². The van der Waals surface area contributed by atoms with E-state index in [4.69, 9.17) is 4.74 Å². The predicted octanol–water partition coefficient (Wildman–Crippen LogP) is 2.92. The normalized spacial score (nSPS) is 22.8. The van der Waals surface area contributed by atoms with Crippen LogP contribution >= 0.6 is 0 Å². The van der Waals surface area contributed by atoms with Gasteiger partial charge < -0.3 is 9.64 Å². The number of nitrogens with one attached hydrogen (secondary N) is 1. The number of aromatic amines is 1. The third-order valence-electron chi connectivity index (χ3n) is 5.53. The first-order valence-electron chi connectivity index (χ1n) is 10.1. The molecule has 0 saturated heterocycles. The maximum Gasteiger partial charge on any atom is 0.274 e. The lowest BCUT2D eigenvalue weighted by Gasteiger charge is -2.26. The number of nitrogens with zero attached hydrogens (tertiary/aromatic N) is 5. The van der Waals surface area contributed by atoms with Crippen LogP contribution in [0.3, 0.4) is 0 Å². The molecule has 0 fully saturated rings. The van der Waals surface area contributed by atoms with E-state index in [1.54, 1.807) is 0 Å². The van der Waals surface area contributed by atoms with Crippen LogP contribution in [0, 0.1) is 0 Å². The number of carbonyl (C=O) groups excluding carboxylic acids is 1. The molecule has 0 bridgehead atoms. The van der Waals surface area contributed by atoms with E-state index >= 15 is 0 Å². The van der Waals surface area contributed by atoms with E-state index in [2.05, 4.69) is 40.4 Å². The van der Waals surface area contributed by atoms with Gasteiger partial charge in [0, 0.05) is 31.1 Å². The van der Waals surface area contributed by atoms with Crippen molar-refractivity contribution in [2.45, 2.75) is 65.2 Å². The zero-order chi connectivity index (χ0) is 19.8. The summed E-state index contributed by atoms with van der Waals surface area (Å²) in [6, 6.07) is 0.283. The van der Waals surface area contributed by atoms with Gasteiger partial charge in [0.25, 0.3) is 5.91 Å². The number of hydrogen-bond acceptors (Lipinski definition) is 5. The SMILES string of the molecule is CC(C)n1cc(C2=CCCN(C(=O)c3n[nH]c4c3C[C@H](C)O[C@@H]4C)CC2)nn1. The lowest BCUT2D eigenvalue weighted by molar-refractivity contribution is -0.00701. The zero-order valence-electron chi connectivity index (χ0n) is 17.0. The number of amides is 1. The highest BCUT2D eigenvalue weighted by Gasteiger charge is 2.31. The molecular formula is C20H28N6O2. The molecular weight excluding hydrogens is 356 g/mol. The van der Waals surface area contributed by atoms with Gasteiger partial charge in [-0.25, -0.2) is 4.68 Å². The maximum atomic E-state index is 13.2. The molecule has 0 unspecified atom stereocenters. The van der Waals surface area contributed by atoms with Crippen LogP contribution in [0.1, 0.15) is 80.1 Å². The average Bonchev–Trinajstić information content (AvgIpc) is 3.23. The highest BCUT2D eigenvalue weighted by Crippen LogP contribution is 2.31. The van der Waals surface area contributed by atoms with E-state index in [1.165, 1.54) is 0 Å². The average molecular weight is 384 g/mol. The van der Waals surface area contributed by atoms with E-state index in [9.17, 15) is 4.79 Å². The van der Waals surface area contributed by atoms with Crippen molar-refractivity contribution in [2.24, 2.45) is 0 Å². The van der Waals surface area contributed by atoms with Crippen molar-refractivity contribution in [2.75, 3.05) is 13.1 Å². The summed E-state index contributed by atoms with van der Waals surface area (Å²) in [4.78, 5) is 15.1. The van der Waals surface area contributed by atoms with Crippen molar-refractivity contribution in [3.63, 3.8) is 0 Å². The lowest BCUT2D eigenvalue weighted by atomic mass is 9.99. The van der Waals surface area contributed by atoms with Crippen molar-refractivity contribution >= 4 is 11.5 Å². The van der Waals surface area contributed by atoms with Gasteiger partial charge >= 0.3 is 0 Å². The fraction of sp³-hybridized carbons (Fsp3) is 0.600. The fourth-order valence-electron chi connectivity index (χ4n) is 3.98. The van der Waals surface area contributed by atoms with E-state index in [1.807, 2.05) is 29.6 Å². The Hall–Kier alpha value is -2.48. The van der Waals surface area contributed by atoms with Crippen molar-refractivity contribution in [3.8, 4) is 0 Å².